The van der Waals surface area contributed by atoms with Gasteiger partial charge in [0.1, 0.15) is 11.7 Å². The number of ketones is 1. The summed E-state index contributed by atoms with van der Waals surface area (Å²) in [6, 6.07) is 0. The van der Waals surface area contributed by atoms with Crippen molar-refractivity contribution in [1.29, 1.82) is 0 Å². The molecule has 9 heavy (non-hydrogen) atoms. The van der Waals surface area contributed by atoms with Gasteiger partial charge in [-0.2, -0.15) is 12.6 Å². The van der Waals surface area contributed by atoms with Gasteiger partial charge in [-0.1, -0.05) is 0 Å². The number of carbonyl (C=O) groups is 2. The summed E-state index contributed by atoms with van der Waals surface area (Å²) in [4.78, 5) is 20.5. The highest BCUT2D eigenvalue weighted by Gasteiger charge is 2.19. The lowest BCUT2D eigenvalue weighted by Crippen LogP contribution is -2.22. The highest BCUT2D eigenvalue weighted by atomic mass is 32.1. The minimum Gasteiger partial charge on any atom is -0.481 e. The number of carboxylic acids is 1. The van der Waals surface area contributed by atoms with Crippen molar-refractivity contribution in [1.82, 2.24) is 0 Å². The summed E-state index contributed by atoms with van der Waals surface area (Å²) in [6.45, 7) is 1.25. The van der Waals surface area contributed by atoms with Crippen LogP contribution in [0.3, 0.4) is 0 Å². The summed E-state index contributed by atoms with van der Waals surface area (Å²) in [6.07, 6.45) is 0. The highest BCUT2D eigenvalue weighted by Crippen LogP contribution is 1.99. The molecule has 0 fully saturated rings. The smallest absolute Gasteiger partial charge is 0.314 e. The van der Waals surface area contributed by atoms with E-state index in [2.05, 4.69) is 12.6 Å². The molecule has 1 atom stereocenters. The van der Waals surface area contributed by atoms with Crippen LogP contribution in [0.5, 0.6) is 0 Å². The Hall–Kier alpha value is -0.510. The minimum absolute atomic E-state index is 0.0741. The van der Waals surface area contributed by atoms with Crippen molar-refractivity contribution >= 4 is 24.4 Å². The maximum atomic E-state index is 10.4. The van der Waals surface area contributed by atoms with E-state index >= 15 is 0 Å². The molecule has 3 nitrogen and oxygen atoms in total. The van der Waals surface area contributed by atoms with E-state index < -0.39 is 11.9 Å². The number of rotatable bonds is 3. The lowest BCUT2D eigenvalue weighted by molar-refractivity contribution is -0.144. The Kier molecular flexibility index (Phi) is 3.30. The SMILES string of the molecule is CC(=O)C(CS)C(=O)O. The summed E-state index contributed by atoms with van der Waals surface area (Å²) >= 11 is 3.69. The second kappa shape index (κ2) is 3.50. The average Bonchev–Trinajstić information content (AvgIpc) is 1.64. The van der Waals surface area contributed by atoms with Crippen molar-refractivity contribution in [2.24, 2.45) is 5.92 Å². The molecule has 0 aromatic heterocycles. The first-order chi connectivity index (χ1) is 4.09. The molecule has 1 unspecified atom stereocenters. The Morgan fingerprint density at radius 3 is 2.11 bits per heavy atom. The van der Waals surface area contributed by atoms with E-state index in [4.69, 9.17) is 5.11 Å². The molecule has 0 heterocycles. The molecule has 4 heteroatoms. The molecule has 0 rings (SSSR count). The second-order valence-corrected chi connectivity index (χ2v) is 2.05. The number of Topliss-reactive ketones (excluding diaryl/α,β-unsaturated/α-hetero) is 1. The van der Waals surface area contributed by atoms with Crippen LogP contribution in [0.15, 0.2) is 0 Å². The van der Waals surface area contributed by atoms with Crippen molar-refractivity contribution in [3.8, 4) is 0 Å². The van der Waals surface area contributed by atoms with Crippen LogP contribution in [0.25, 0.3) is 0 Å². The number of carbonyl (C=O) groups excluding carboxylic acids is 1. The zero-order chi connectivity index (χ0) is 7.44. The molecule has 0 aliphatic heterocycles. The number of thiol groups is 1. The minimum atomic E-state index is -1.10. The normalized spacial score (nSPS) is 12.7. The van der Waals surface area contributed by atoms with Crippen LogP contribution in [-0.4, -0.2) is 22.6 Å². The van der Waals surface area contributed by atoms with E-state index in [1.165, 1.54) is 6.92 Å². The second-order valence-electron chi connectivity index (χ2n) is 1.68. The van der Waals surface area contributed by atoms with Gasteiger partial charge in [-0.25, -0.2) is 0 Å². The third kappa shape index (κ3) is 2.51. The standard InChI is InChI=1S/C5H8O3S/c1-3(6)4(2-9)5(7)8/h4,9H,2H2,1H3,(H,7,8). The first kappa shape index (κ1) is 8.49. The van der Waals surface area contributed by atoms with Gasteiger partial charge in [-0.05, 0) is 6.92 Å². The summed E-state index contributed by atoms with van der Waals surface area (Å²) < 4.78 is 0. The fourth-order valence-corrected chi connectivity index (χ4v) is 0.794. The van der Waals surface area contributed by atoms with E-state index in [1.54, 1.807) is 0 Å². The maximum Gasteiger partial charge on any atom is 0.314 e. The third-order valence-corrected chi connectivity index (χ3v) is 1.34. The summed E-state index contributed by atoms with van der Waals surface area (Å²) in [5.74, 6) is -2.31. The summed E-state index contributed by atoms with van der Waals surface area (Å²) in [7, 11) is 0. The maximum absolute atomic E-state index is 10.4. The van der Waals surface area contributed by atoms with Crippen molar-refractivity contribution < 1.29 is 14.7 Å². The van der Waals surface area contributed by atoms with Gasteiger partial charge in [0.15, 0.2) is 0 Å². The van der Waals surface area contributed by atoms with E-state index in [-0.39, 0.29) is 11.5 Å². The Balaban J connectivity index is 3.99. The van der Waals surface area contributed by atoms with Crippen LogP contribution < -0.4 is 0 Å². The Morgan fingerprint density at radius 1 is 1.67 bits per heavy atom. The van der Waals surface area contributed by atoms with E-state index in [0.717, 1.165) is 0 Å². The molecule has 0 aliphatic carbocycles. The molecule has 0 spiro atoms. The van der Waals surface area contributed by atoms with Gasteiger partial charge in [-0.15, -0.1) is 0 Å². The molecule has 0 aromatic carbocycles. The van der Waals surface area contributed by atoms with Gasteiger partial charge < -0.3 is 5.11 Å². The summed E-state index contributed by atoms with van der Waals surface area (Å²) in [5.41, 5.74) is 0. The van der Waals surface area contributed by atoms with Gasteiger partial charge in [0.05, 0.1) is 0 Å². The first-order valence-corrected chi connectivity index (χ1v) is 3.07. The fraction of sp³-hybridized carbons (Fsp3) is 0.600. The van der Waals surface area contributed by atoms with Crippen LogP contribution in [0.2, 0.25) is 0 Å². The molecule has 0 saturated heterocycles. The van der Waals surface area contributed by atoms with Gasteiger partial charge in [0.25, 0.3) is 0 Å². The predicted octanol–water partition coefficient (Wildman–Crippen LogP) is 0.206. The Morgan fingerprint density at radius 2 is 2.11 bits per heavy atom. The molecular formula is C5H8O3S. The highest BCUT2D eigenvalue weighted by molar-refractivity contribution is 7.80. The van der Waals surface area contributed by atoms with Crippen molar-refractivity contribution in [3.63, 3.8) is 0 Å². The molecule has 0 saturated carbocycles. The largest absolute Gasteiger partial charge is 0.481 e. The van der Waals surface area contributed by atoms with Crippen LogP contribution in [0.4, 0.5) is 0 Å². The average molecular weight is 148 g/mol. The zero-order valence-electron chi connectivity index (χ0n) is 5.00. The quantitative estimate of drug-likeness (QED) is 0.444. The van der Waals surface area contributed by atoms with Crippen molar-refractivity contribution in [3.05, 3.63) is 0 Å². The van der Waals surface area contributed by atoms with Gasteiger partial charge in [0.2, 0.25) is 0 Å². The van der Waals surface area contributed by atoms with Gasteiger partial charge in [-0.3, -0.25) is 9.59 Å². The van der Waals surface area contributed by atoms with E-state index in [1.807, 2.05) is 0 Å². The molecule has 0 amide bonds. The van der Waals surface area contributed by atoms with Crippen molar-refractivity contribution in [2.45, 2.75) is 6.92 Å². The topological polar surface area (TPSA) is 54.4 Å². The predicted molar refractivity (Wildman–Crippen MR) is 35.7 cm³/mol. The number of hydrogen-bond donors (Lipinski definition) is 2. The van der Waals surface area contributed by atoms with Crippen LogP contribution in [0, 0.1) is 5.92 Å². The van der Waals surface area contributed by atoms with Gasteiger partial charge >= 0.3 is 5.97 Å². The number of aliphatic carboxylic acids is 1. The Labute approximate surface area is 58.5 Å². The molecular weight excluding hydrogens is 140 g/mol. The van der Waals surface area contributed by atoms with Crippen LogP contribution in [0.1, 0.15) is 6.92 Å². The van der Waals surface area contributed by atoms with E-state index in [9.17, 15) is 9.59 Å². The monoisotopic (exact) mass is 148 g/mol. The molecule has 0 radical (unpaired) electrons. The molecule has 0 aliphatic rings. The Bertz CT molecular complexity index is 118. The molecule has 1 N–H and O–H groups in total. The summed E-state index contributed by atoms with van der Waals surface area (Å²) in [5, 5.41) is 8.27. The lowest BCUT2D eigenvalue weighted by atomic mass is 10.1. The third-order valence-electron chi connectivity index (χ3n) is 0.971. The van der Waals surface area contributed by atoms with Crippen LogP contribution in [-0.2, 0) is 9.59 Å². The van der Waals surface area contributed by atoms with E-state index in [0.29, 0.717) is 0 Å². The van der Waals surface area contributed by atoms with Gasteiger partial charge in [0, 0.05) is 5.75 Å². The number of hydrogen-bond acceptors (Lipinski definition) is 3. The zero-order valence-corrected chi connectivity index (χ0v) is 5.89. The fourth-order valence-electron chi connectivity index (χ4n) is 0.381. The van der Waals surface area contributed by atoms with Crippen LogP contribution >= 0.6 is 12.6 Å². The van der Waals surface area contributed by atoms with Crippen molar-refractivity contribution in [2.75, 3.05) is 5.75 Å². The molecule has 0 aromatic rings. The number of carboxylic acid groups (broad SMARTS) is 1. The lowest BCUT2D eigenvalue weighted by Gasteiger charge is -2.01. The molecule has 52 valence electrons. The molecule has 0 bridgehead atoms. The first-order valence-electron chi connectivity index (χ1n) is 2.43.